The Morgan fingerprint density at radius 2 is 1.96 bits per heavy atom. The lowest BCUT2D eigenvalue weighted by atomic mass is 10.1. The third-order valence-corrected chi connectivity index (χ3v) is 4.63. The summed E-state index contributed by atoms with van der Waals surface area (Å²) in [6.07, 6.45) is 4.14. The average molecular weight is 366 g/mol. The Bertz CT molecular complexity index is 930. The van der Waals surface area contributed by atoms with E-state index in [1.807, 2.05) is 30.3 Å². The van der Waals surface area contributed by atoms with Gasteiger partial charge in [0.15, 0.2) is 11.5 Å². The number of para-hydroxylation sites is 1. The van der Waals surface area contributed by atoms with Crippen LogP contribution in [0, 0.1) is 0 Å². The van der Waals surface area contributed by atoms with Gasteiger partial charge < -0.3 is 19.4 Å². The van der Waals surface area contributed by atoms with E-state index < -0.39 is 0 Å². The third kappa shape index (κ3) is 4.25. The Hall–Kier alpha value is -2.95. The van der Waals surface area contributed by atoms with Crippen LogP contribution in [0.15, 0.2) is 48.7 Å². The Morgan fingerprint density at radius 3 is 2.70 bits per heavy atom. The van der Waals surface area contributed by atoms with Gasteiger partial charge in [-0.1, -0.05) is 19.1 Å². The van der Waals surface area contributed by atoms with Crippen LogP contribution in [0.3, 0.4) is 0 Å². The lowest BCUT2D eigenvalue weighted by Gasteiger charge is -2.12. The first-order chi connectivity index (χ1) is 13.2. The number of amides is 1. The number of hydrogen-bond donors (Lipinski definition) is 1. The van der Waals surface area contributed by atoms with E-state index in [-0.39, 0.29) is 5.91 Å². The molecule has 0 aliphatic rings. The van der Waals surface area contributed by atoms with E-state index in [1.54, 1.807) is 14.2 Å². The van der Waals surface area contributed by atoms with Crippen molar-refractivity contribution in [2.45, 2.75) is 32.7 Å². The largest absolute Gasteiger partial charge is 0.493 e. The summed E-state index contributed by atoms with van der Waals surface area (Å²) >= 11 is 0. The SMILES string of the molecule is CCCn1ccc2cc(NC(=O)CCc3cccc(OC)c3OC)ccc21. The molecule has 2 aromatic carbocycles. The molecule has 0 saturated heterocycles. The molecule has 142 valence electrons. The third-order valence-electron chi connectivity index (χ3n) is 4.63. The van der Waals surface area contributed by atoms with E-state index in [0.29, 0.717) is 24.3 Å². The van der Waals surface area contributed by atoms with Crippen molar-refractivity contribution in [2.24, 2.45) is 0 Å². The predicted molar refractivity (Wildman–Crippen MR) is 109 cm³/mol. The molecule has 5 nitrogen and oxygen atoms in total. The molecule has 0 aliphatic carbocycles. The highest BCUT2D eigenvalue weighted by Gasteiger charge is 2.12. The Morgan fingerprint density at radius 1 is 1.11 bits per heavy atom. The minimum atomic E-state index is -0.0211. The summed E-state index contributed by atoms with van der Waals surface area (Å²) in [5, 5.41) is 4.13. The molecular weight excluding hydrogens is 340 g/mol. The van der Waals surface area contributed by atoms with Gasteiger partial charge in [-0.3, -0.25) is 4.79 Å². The van der Waals surface area contributed by atoms with Crippen LogP contribution < -0.4 is 14.8 Å². The molecule has 1 amide bonds. The Labute approximate surface area is 159 Å². The maximum atomic E-state index is 12.4. The molecule has 0 aliphatic heterocycles. The fourth-order valence-corrected chi connectivity index (χ4v) is 3.34. The summed E-state index contributed by atoms with van der Waals surface area (Å²) in [5.41, 5.74) is 2.97. The van der Waals surface area contributed by atoms with Crippen molar-refractivity contribution < 1.29 is 14.3 Å². The Kier molecular flexibility index (Phi) is 6.01. The number of aromatic nitrogens is 1. The maximum Gasteiger partial charge on any atom is 0.224 e. The standard InChI is InChI=1S/C22H26N2O3/c1-4-13-24-14-12-17-15-18(9-10-19(17)24)23-21(25)11-8-16-6-5-7-20(26-2)22(16)27-3/h5-7,9-10,12,14-15H,4,8,11,13H2,1-3H3,(H,23,25). The van der Waals surface area contributed by atoms with Crippen molar-refractivity contribution in [2.75, 3.05) is 19.5 Å². The second-order valence-electron chi connectivity index (χ2n) is 6.48. The van der Waals surface area contributed by atoms with E-state index in [2.05, 4.69) is 35.1 Å². The van der Waals surface area contributed by atoms with Crippen LogP contribution in [0.2, 0.25) is 0 Å². The topological polar surface area (TPSA) is 52.5 Å². The van der Waals surface area contributed by atoms with Gasteiger partial charge in [0, 0.05) is 35.8 Å². The molecule has 1 heterocycles. The van der Waals surface area contributed by atoms with Gasteiger partial charge in [-0.05, 0) is 48.7 Å². The number of rotatable bonds is 8. The smallest absolute Gasteiger partial charge is 0.224 e. The number of fused-ring (bicyclic) bond motifs is 1. The number of ether oxygens (including phenoxy) is 2. The highest BCUT2D eigenvalue weighted by molar-refractivity contribution is 5.94. The van der Waals surface area contributed by atoms with Crippen LogP contribution in [0.1, 0.15) is 25.3 Å². The quantitative estimate of drug-likeness (QED) is 0.632. The number of benzene rings is 2. The fraction of sp³-hybridized carbons (Fsp3) is 0.318. The lowest BCUT2D eigenvalue weighted by Crippen LogP contribution is -2.12. The molecule has 0 radical (unpaired) electrons. The summed E-state index contributed by atoms with van der Waals surface area (Å²) in [5.74, 6) is 1.34. The van der Waals surface area contributed by atoms with Gasteiger partial charge in [-0.25, -0.2) is 0 Å². The van der Waals surface area contributed by atoms with Crippen LogP contribution in [0.4, 0.5) is 5.69 Å². The molecule has 5 heteroatoms. The van der Waals surface area contributed by atoms with Crippen LogP contribution in [0.5, 0.6) is 11.5 Å². The molecule has 1 aromatic heterocycles. The Balaban J connectivity index is 1.65. The zero-order valence-electron chi connectivity index (χ0n) is 16.1. The van der Waals surface area contributed by atoms with Gasteiger partial charge in [0.25, 0.3) is 0 Å². The zero-order chi connectivity index (χ0) is 19.2. The molecule has 0 fully saturated rings. The second-order valence-corrected chi connectivity index (χ2v) is 6.48. The van der Waals surface area contributed by atoms with E-state index in [0.717, 1.165) is 29.6 Å². The molecule has 27 heavy (non-hydrogen) atoms. The van der Waals surface area contributed by atoms with Gasteiger partial charge >= 0.3 is 0 Å². The molecule has 1 N–H and O–H groups in total. The van der Waals surface area contributed by atoms with E-state index >= 15 is 0 Å². The number of hydrogen-bond acceptors (Lipinski definition) is 3. The van der Waals surface area contributed by atoms with E-state index in [4.69, 9.17) is 9.47 Å². The van der Waals surface area contributed by atoms with Crippen LogP contribution in [-0.4, -0.2) is 24.7 Å². The number of aryl methyl sites for hydroxylation is 2. The van der Waals surface area contributed by atoms with Crippen LogP contribution in [0.25, 0.3) is 10.9 Å². The molecule has 0 bridgehead atoms. The van der Waals surface area contributed by atoms with Crippen molar-refractivity contribution >= 4 is 22.5 Å². The predicted octanol–water partition coefficient (Wildman–Crippen LogP) is 4.64. The van der Waals surface area contributed by atoms with Crippen molar-refractivity contribution in [1.82, 2.24) is 4.57 Å². The van der Waals surface area contributed by atoms with Gasteiger partial charge in [0.05, 0.1) is 14.2 Å². The number of anilines is 1. The van der Waals surface area contributed by atoms with Crippen LogP contribution >= 0.6 is 0 Å². The van der Waals surface area contributed by atoms with Crippen molar-refractivity contribution in [3.8, 4) is 11.5 Å². The summed E-state index contributed by atoms with van der Waals surface area (Å²) in [6, 6.07) is 13.8. The summed E-state index contributed by atoms with van der Waals surface area (Å²) in [6.45, 7) is 3.16. The average Bonchev–Trinajstić information content (AvgIpc) is 3.08. The van der Waals surface area contributed by atoms with Crippen molar-refractivity contribution in [1.29, 1.82) is 0 Å². The van der Waals surface area contributed by atoms with E-state index in [9.17, 15) is 4.79 Å². The highest BCUT2D eigenvalue weighted by atomic mass is 16.5. The second kappa shape index (κ2) is 8.62. The zero-order valence-corrected chi connectivity index (χ0v) is 16.1. The number of nitrogens with zero attached hydrogens (tertiary/aromatic N) is 1. The fourth-order valence-electron chi connectivity index (χ4n) is 3.34. The van der Waals surface area contributed by atoms with Crippen LogP contribution in [-0.2, 0) is 17.8 Å². The van der Waals surface area contributed by atoms with E-state index in [1.165, 1.54) is 5.52 Å². The molecule has 3 aromatic rings. The van der Waals surface area contributed by atoms with Crippen molar-refractivity contribution in [3.05, 3.63) is 54.2 Å². The monoisotopic (exact) mass is 366 g/mol. The lowest BCUT2D eigenvalue weighted by molar-refractivity contribution is -0.116. The molecule has 0 spiro atoms. The molecule has 0 atom stereocenters. The van der Waals surface area contributed by atoms with Gasteiger partial charge in [0.2, 0.25) is 5.91 Å². The molecular formula is C22H26N2O3. The number of carbonyl (C=O) groups excluding carboxylic acids is 1. The normalized spacial score (nSPS) is 10.8. The molecule has 0 saturated carbocycles. The minimum Gasteiger partial charge on any atom is -0.493 e. The number of carbonyl (C=O) groups is 1. The number of methoxy groups -OCH3 is 2. The highest BCUT2D eigenvalue weighted by Crippen LogP contribution is 2.31. The van der Waals surface area contributed by atoms with Gasteiger partial charge in [0.1, 0.15) is 0 Å². The summed E-state index contributed by atoms with van der Waals surface area (Å²) in [4.78, 5) is 12.4. The summed E-state index contributed by atoms with van der Waals surface area (Å²) in [7, 11) is 3.22. The minimum absolute atomic E-state index is 0.0211. The number of nitrogens with one attached hydrogen (secondary N) is 1. The first kappa shape index (κ1) is 18.8. The first-order valence-corrected chi connectivity index (χ1v) is 9.25. The molecule has 0 unspecified atom stereocenters. The summed E-state index contributed by atoms with van der Waals surface area (Å²) < 4.78 is 13.0. The van der Waals surface area contributed by atoms with Gasteiger partial charge in [-0.2, -0.15) is 0 Å². The van der Waals surface area contributed by atoms with Gasteiger partial charge in [-0.15, -0.1) is 0 Å². The van der Waals surface area contributed by atoms with Crippen molar-refractivity contribution in [3.63, 3.8) is 0 Å². The molecule has 3 rings (SSSR count). The maximum absolute atomic E-state index is 12.4. The first-order valence-electron chi connectivity index (χ1n) is 9.25.